The van der Waals surface area contributed by atoms with Crippen molar-refractivity contribution in [1.29, 1.82) is 0 Å². The minimum absolute atomic E-state index is 0.105. The summed E-state index contributed by atoms with van der Waals surface area (Å²) in [6.45, 7) is 3.43. The lowest BCUT2D eigenvalue weighted by atomic mass is 9.95. The van der Waals surface area contributed by atoms with Crippen LogP contribution in [0.4, 0.5) is 13.2 Å². The molecule has 0 bridgehead atoms. The van der Waals surface area contributed by atoms with Gasteiger partial charge in [-0.05, 0) is 42.2 Å². The Bertz CT molecular complexity index is 983. The fraction of sp³-hybridized carbons (Fsp3) is 0.417. The molecule has 2 aromatic carbocycles. The molecule has 0 fully saturated rings. The van der Waals surface area contributed by atoms with Gasteiger partial charge in [-0.25, -0.2) is 0 Å². The van der Waals surface area contributed by atoms with E-state index in [0.717, 1.165) is 12.1 Å². The molecule has 2 rings (SSSR count). The van der Waals surface area contributed by atoms with Crippen LogP contribution < -0.4 is 24.8 Å². The zero-order valence-electron chi connectivity index (χ0n) is 19.7. The van der Waals surface area contributed by atoms with Crippen molar-refractivity contribution in [2.24, 2.45) is 5.92 Å². The van der Waals surface area contributed by atoms with E-state index < -0.39 is 29.6 Å². The lowest BCUT2D eigenvalue weighted by Gasteiger charge is -2.22. The summed E-state index contributed by atoms with van der Waals surface area (Å²) in [5.41, 5.74) is -0.268. The standard InChI is InChI=1S/C24H29F3N2O5/c1-14(2)9-18(15-7-6-8-17(10-15)24(25,26)27)29-21(30)13-28-23(31)16-11-19(32-3)22(34-5)20(12-16)33-4/h6-8,10-12,14,18H,9,13H2,1-5H3,(H,28,31)(H,29,30)/t18-/m0/s1. The predicted molar refractivity (Wildman–Crippen MR) is 120 cm³/mol. The Morgan fingerprint density at radius 3 is 2.09 bits per heavy atom. The SMILES string of the molecule is COc1cc(C(=O)NCC(=O)N[C@@H](CC(C)C)c2cccc(C(F)(F)F)c2)cc(OC)c1OC. The average Bonchev–Trinajstić information content (AvgIpc) is 2.80. The number of methoxy groups -OCH3 is 3. The molecule has 10 heteroatoms. The Kier molecular flexibility index (Phi) is 9.17. The third-order valence-electron chi connectivity index (χ3n) is 5.00. The number of halogens is 3. The fourth-order valence-electron chi connectivity index (χ4n) is 3.40. The lowest BCUT2D eigenvalue weighted by Crippen LogP contribution is -2.39. The predicted octanol–water partition coefficient (Wildman–Crippen LogP) is 4.36. The van der Waals surface area contributed by atoms with Gasteiger partial charge in [0.15, 0.2) is 11.5 Å². The molecule has 0 unspecified atom stereocenters. The third kappa shape index (κ3) is 7.03. The van der Waals surface area contributed by atoms with Gasteiger partial charge in [-0.1, -0.05) is 26.0 Å². The minimum atomic E-state index is -4.49. The number of alkyl halides is 3. The normalized spacial score (nSPS) is 12.1. The number of carbonyl (C=O) groups is 2. The van der Waals surface area contributed by atoms with Gasteiger partial charge >= 0.3 is 6.18 Å². The van der Waals surface area contributed by atoms with Gasteiger partial charge in [0.2, 0.25) is 11.7 Å². The summed E-state index contributed by atoms with van der Waals surface area (Å²) in [6, 6.07) is 7.10. The Labute approximate surface area is 196 Å². The van der Waals surface area contributed by atoms with Gasteiger partial charge < -0.3 is 24.8 Å². The number of benzene rings is 2. The molecule has 0 heterocycles. The van der Waals surface area contributed by atoms with E-state index in [1.807, 2.05) is 13.8 Å². The van der Waals surface area contributed by atoms with Crippen LogP contribution in [0, 0.1) is 5.92 Å². The summed E-state index contributed by atoms with van der Waals surface area (Å²) in [7, 11) is 4.26. The molecule has 34 heavy (non-hydrogen) atoms. The number of hydrogen-bond donors (Lipinski definition) is 2. The highest BCUT2D eigenvalue weighted by molar-refractivity contribution is 5.97. The van der Waals surface area contributed by atoms with Crippen molar-refractivity contribution in [3.05, 3.63) is 53.1 Å². The number of amides is 2. The second-order valence-corrected chi connectivity index (χ2v) is 7.97. The van der Waals surface area contributed by atoms with Crippen LogP contribution >= 0.6 is 0 Å². The van der Waals surface area contributed by atoms with Crippen molar-refractivity contribution in [3.8, 4) is 17.2 Å². The molecule has 0 aliphatic carbocycles. The largest absolute Gasteiger partial charge is 0.493 e. The third-order valence-corrected chi connectivity index (χ3v) is 5.00. The molecule has 0 radical (unpaired) electrons. The number of ether oxygens (including phenoxy) is 3. The van der Waals surface area contributed by atoms with Gasteiger partial charge in [0, 0.05) is 5.56 Å². The molecule has 2 aromatic rings. The molecular formula is C24H29F3N2O5. The van der Waals surface area contributed by atoms with E-state index in [4.69, 9.17) is 14.2 Å². The first kappa shape index (κ1) is 26.8. The van der Waals surface area contributed by atoms with E-state index >= 15 is 0 Å². The van der Waals surface area contributed by atoms with Crippen molar-refractivity contribution in [2.45, 2.75) is 32.5 Å². The van der Waals surface area contributed by atoms with Crippen LogP contribution in [-0.2, 0) is 11.0 Å². The second-order valence-electron chi connectivity index (χ2n) is 7.97. The zero-order valence-corrected chi connectivity index (χ0v) is 19.7. The van der Waals surface area contributed by atoms with E-state index in [1.54, 1.807) is 0 Å². The summed E-state index contributed by atoms with van der Waals surface area (Å²) >= 11 is 0. The summed E-state index contributed by atoms with van der Waals surface area (Å²) in [5.74, 6) is -0.126. The van der Waals surface area contributed by atoms with E-state index in [1.165, 1.54) is 45.6 Å². The molecule has 1 atom stereocenters. The van der Waals surface area contributed by atoms with Crippen LogP contribution in [0.1, 0.15) is 47.8 Å². The molecule has 0 aliphatic rings. The van der Waals surface area contributed by atoms with Gasteiger partial charge in [-0.15, -0.1) is 0 Å². The van der Waals surface area contributed by atoms with Crippen LogP contribution in [0.2, 0.25) is 0 Å². The molecule has 0 saturated heterocycles. The molecule has 0 saturated carbocycles. The Balaban J connectivity index is 2.13. The smallest absolute Gasteiger partial charge is 0.416 e. The monoisotopic (exact) mass is 482 g/mol. The number of nitrogens with one attached hydrogen (secondary N) is 2. The maximum atomic E-state index is 13.1. The van der Waals surface area contributed by atoms with E-state index in [2.05, 4.69) is 10.6 Å². The lowest BCUT2D eigenvalue weighted by molar-refractivity contribution is -0.137. The molecule has 186 valence electrons. The van der Waals surface area contributed by atoms with Crippen LogP contribution in [0.5, 0.6) is 17.2 Å². The first-order valence-corrected chi connectivity index (χ1v) is 10.5. The average molecular weight is 482 g/mol. The van der Waals surface area contributed by atoms with Crippen molar-refractivity contribution in [1.82, 2.24) is 10.6 Å². The first-order valence-electron chi connectivity index (χ1n) is 10.5. The second kappa shape index (κ2) is 11.6. The Morgan fingerprint density at radius 1 is 0.971 bits per heavy atom. The summed E-state index contributed by atoms with van der Waals surface area (Å²) in [5, 5.41) is 5.22. The van der Waals surface area contributed by atoms with Gasteiger partial charge in [-0.3, -0.25) is 9.59 Å². The molecule has 0 aliphatic heterocycles. The van der Waals surface area contributed by atoms with Crippen molar-refractivity contribution >= 4 is 11.8 Å². The van der Waals surface area contributed by atoms with Gasteiger partial charge in [0.05, 0.1) is 39.5 Å². The van der Waals surface area contributed by atoms with E-state index in [-0.39, 0.29) is 29.5 Å². The molecule has 2 amide bonds. The van der Waals surface area contributed by atoms with Crippen LogP contribution in [-0.4, -0.2) is 39.7 Å². The quantitative estimate of drug-likeness (QED) is 0.526. The molecule has 0 spiro atoms. The summed E-state index contributed by atoms with van der Waals surface area (Å²) < 4.78 is 55.0. The van der Waals surface area contributed by atoms with Crippen LogP contribution in [0.3, 0.4) is 0 Å². The van der Waals surface area contributed by atoms with Crippen molar-refractivity contribution < 1.29 is 37.0 Å². The molecule has 0 aromatic heterocycles. The highest BCUT2D eigenvalue weighted by Crippen LogP contribution is 2.38. The van der Waals surface area contributed by atoms with Gasteiger partial charge in [0.25, 0.3) is 5.91 Å². The van der Waals surface area contributed by atoms with Gasteiger partial charge in [-0.2, -0.15) is 13.2 Å². The maximum absolute atomic E-state index is 13.1. The Hall–Kier alpha value is -3.43. The van der Waals surface area contributed by atoms with Crippen molar-refractivity contribution in [2.75, 3.05) is 27.9 Å². The Morgan fingerprint density at radius 2 is 1.59 bits per heavy atom. The summed E-state index contributed by atoms with van der Waals surface area (Å²) in [6.07, 6.45) is -4.06. The van der Waals surface area contributed by atoms with Crippen LogP contribution in [0.25, 0.3) is 0 Å². The van der Waals surface area contributed by atoms with E-state index in [9.17, 15) is 22.8 Å². The molecular weight excluding hydrogens is 453 g/mol. The maximum Gasteiger partial charge on any atom is 0.416 e. The van der Waals surface area contributed by atoms with Gasteiger partial charge in [0.1, 0.15) is 0 Å². The number of hydrogen-bond acceptors (Lipinski definition) is 5. The first-order chi connectivity index (χ1) is 16.0. The summed E-state index contributed by atoms with van der Waals surface area (Å²) in [4.78, 5) is 25.2. The van der Waals surface area contributed by atoms with E-state index in [0.29, 0.717) is 17.7 Å². The minimum Gasteiger partial charge on any atom is -0.493 e. The molecule has 2 N–H and O–H groups in total. The topological polar surface area (TPSA) is 85.9 Å². The molecule has 7 nitrogen and oxygen atoms in total. The van der Waals surface area contributed by atoms with Crippen LogP contribution in [0.15, 0.2) is 36.4 Å². The highest BCUT2D eigenvalue weighted by atomic mass is 19.4. The number of rotatable bonds is 10. The van der Waals surface area contributed by atoms with Crippen molar-refractivity contribution in [3.63, 3.8) is 0 Å². The number of carbonyl (C=O) groups excluding carboxylic acids is 2. The zero-order chi connectivity index (χ0) is 25.5. The highest BCUT2D eigenvalue weighted by Gasteiger charge is 2.31. The fourth-order valence-corrected chi connectivity index (χ4v) is 3.40.